The minimum Gasteiger partial charge on any atom is -0.457 e. The van der Waals surface area contributed by atoms with Crippen LogP contribution in [0.15, 0.2) is 37.9 Å². The molecule has 1 saturated heterocycles. The molecule has 3 atom stereocenters. The van der Waals surface area contributed by atoms with Crippen LogP contribution in [0.5, 0.6) is 0 Å². The first-order valence-electron chi connectivity index (χ1n) is 15.4. The Morgan fingerprint density at radius 3 is 2.68 bits per heavy atom. The van der Waals surface area contributed by atoms with Gasteiger partial charge in [0.15, 0.2) is 23.8 Å². The van der Waals surface area contributed by atoms with E-state index in [0.29, 0.717) is 50.5 Å². The van der Waals surface area contributed by atoms with E-state index in [1.54, 1.807) is 14.0 Å². The Hall–Kier alpha value is -3.77. The van der Waals surface area contributed by atoms with Gasteiger partial charge in [-0.05, 0) is 63.5 Å². The summed E-state index contributed by atoms with van der Waals surface area (Å²) < 4.78 is 22.4. The van der Waals surface area contributed by atoms with E-state index in [2.05, 4.69) is 29.5 Å². The smallest absolute Gasteiger partial charge is 0.457 e. The van der Waals surface area contributed by atoms with Crippen LogP contribution in [0.4, 0.5) is 0 Å². The van der Waals surface area contributed by atoms with E-state index in [9.17, 15) is 14.4 Å². The van der Waals surface area contributed by atoms with Crippen LogP contribution >= 0.6 is 0 Å². The largest absolute Gasteiger partial charge is 0.519 e. The van der Waals surface area contributed by atoms with Crippen LogP contribution in [0, 0.1) is 31.1 Å². The number of hydrogen-bond acceptors (Lipinski definition) is 10. The molecule has 1 spiro atoms. The van der Waals surface area contributed by atoms with Crippen LogP contribution in [0.1, 0.15) is 72.8 Å². The van der Waals surface area contributed by atoms with Crippen molar-refractivity contribution in [3.05, 3.63) is 63.4 Å². The average Bonchev–Trinajstić information content (AvgIpc) is 3.32. The van der Waals surface area contributed by atoms with Gasteiger partial charge in [-0.25, -0.2) is 9.48 Å². The molecular formula is C32H43N5O7. The Balaban J connectivity index is 1.35. The monoisotopic (exact) mass is 609 g/mol. The third-order valence-electron chi connectivity index (χ3n) is 8.70. The number of rotatable bonds is 13. The van der Waals surface area contributed by atoms with E-state index in [1.807, 2.05) is 40.8 Å². The third-order valence-corrected chi connectivity index (χ3v) is 8.70. The summed E-state index contributed by atoms with van der Waals surface area (Å²) in [6.07, 6.45) is 3.72. The number of aryl methyl sites for hydroxylation is 2. The zero-order valence-electron chi connectivity index (χ0n) is 26.3. The highest BCUT2D eigenvalue weighted by atomic mass is 16.6. The number of nitrogens with zero attached hydrogens (tertiary/aromatic N) is 4. The second-order valence-corrected chi connectivity index (χ2v) is 12.5. The lowest BCUT2D eigenvalue weighted by atomic mass is 9.87. The van der Waals surface area contributed by atoms with Crippen molar-refractivity contribution in [2.24, 2.45) is 17.3 Å². The van der Waals surface area contributed by atoms with Crippen molar-refractivity contribution in [3.8, 4) is 5.69 Å². The van der Waals surface area contributed by atoms with Gasteiger partial charge < -0.3 is 28.5 Å². The molecule has 1 N–H and O–H groups in total. The highest BCUT2D eigenvalue weighted by Gasteiger charge is 2.60. The maximum atomic E-state index is 14.4. The predicted molar refractivity (Wildman–Crippen MR) is 160 cm³/mol. The normalized spacial score (nSPS) is 21.1. The lowest BCUT2D eigenvalue weighted by molar-refractivity contribution is -0.151. The third kappa shape index (κ3) is 6.81. The summed E-state index contributed by atoms with van der Waals surface area (Å²) in [6.45, 7) is 10.0. The van der Waals surface area contributed by atoms with Gasteiger partial charge in [-0.2, -0.15) is 0 Å². The van der Waals surface area contributed by atoms with Crippen molar-refractivity contribution in [3.63, 3.8) is 0 Å². The van der Waals surface area contributed by atoms with Gasteiger partial charge >= 0.3 is 11.8 Å². The Morgan fingerprint density at radius 1 is 1.18 bits per heavy atom. The Bertz CT molecular complexity index is 1520. The first kappa shape index (κ1) is 31.6. The Kier molecular flexibility index (Phi) is 9.69. The number of methoxy groups -OCH3 is 1. The van der Waals surface area contributed by atoms with E-state index in [1.165, 1.54) is 0 Å². The quantitative estimate of drug-likeness (QED) is 0.226. The number of para-hydroxylation sites is 1. The standard InChI is InChI=1S/C32H43N5O7/c1-20(2)17-36(27-15-32(27)14-23(16-33-19-32)30(39)42-18-26-22(4)43-31(40)44-26)29(38)28-25(12-8-9-13-41-5)37(35-34-28)24-11-7-6-10-21(24)3/h6-7,10-11,20,23,27,33H,8-9,12-19H2,1-5H3/t23-,27?,32?/m1/s1. The molecule has 1 aromatic carbocycles. The van der Waals surface area contributed by atoms with Gasteiger partial charge in [-0.15, -0.1) is 5.10 Å². The maximum absolute atomic E-state index is 14.4. The summed E-state index contributed by atoms with van der Waals surface area (Å²) in [5, 5.41) is 12.4. The van der Waals surface area contributed by atoms with E-state index < -0.39 is 5.82 Å². The molecule has 2 fully saturated rings. The topological polar surface area (TPSA) is 142 Å². The number of carbonyl (C=O) groups is 2. The van der Waals surface area contributed by atoms with Gasteiger partial charge in [0.1, 0.15) is 0 Å². The van der Waals surface area contributed by atoms with Crippen LogP contribution in [0.25, 0.3) is 5.69 Å². The number of benzene rings is 1. The first-order chi connectivity index (χ1) is 21.1. The minimum absolute atomic E-state index is 0.0420. The van der Waals surface area contributed by atoms with Crippen LogP contribution in [0.2, 0.25) is 0 Å². The SMILES string of the molecule is COCCCCc1c(C(=O)N(CC(C)C)C2CC23CNC[C@H](C(=O)OCc2oc(=O)oc2C)C3)nnn1-c1ccccc1C. The molecule has 44 heavy (non-hydrogen) atoms. The summed E-state index contributed by atoms with van der Waals surface area (Å²) in [6, 6.07) is 7.92. The van der Waals surface area contributed by atoms with Crippen molar-refractivity contribution in [2.75, 3.05) is 33.4 Å². The highest BCUT2D eigenvalue weighted by Crippen LogP contribution is 2.55. The first-order valence-corrected chi connectivity index (χ1v) is 15.4. The second-order valence-electron chi connectivity index (χ2n) is 12.5. The molecule has 1 amide bonds. The van der Waals surface area contributed by atoms with E-state index in [-0.39, 0.29) is 47.5 Å². The molecule has 2 aliphatic rings. The number of esters is 1. The van der Waals surface area contributed by atoms with Gasteiger partial charge in [0.25, 0.3) is 5.91 Å². The van der Waals surface area contributed by atoms with Gasteiger partial charge in [-0.3, -0.25) is 9.59 Å². The van der Waals surface area contributed by atoms with Crippen molar-refractivity contribution in [2.45, 2.75) is 72.4 Å². The summed E-state index contributed by atoms with van der Waals surface area (Å²) in [4.78, 5) is 40.7. The lowest BCUT2D eigenvalue weighted by Gasteiger charge is -2.33. The molecule has 0 radical (unpaired) electrons. The summed E-state index contributed by atoms with van der Waals surface area (Å²) in [5.41, 5.74) is 2.89. The molecule has 12 heteroatoms. The molecule has 3 heterocycles. The lowest BCUT2D eigenvalue weighted by Crippen LogP contribution is -2.47. The van der Waals surface area contributed by atoms with E-state index in [4.69, 9.17) is 18.3 Å². The van der Waals surface area contributed by atoms with Gasteiger partial charge in [0.2, 0.25) is 0 Å². The van der Waals surface area contributed by atoms with Crippen LogP contribution in [-0.4, -0.2) is 71.2 Å². The van der Waals surface area contributed by atoms with E-state index in [0.717, 1.165) is 36.2 Å². The van der Waals surface area contributed by atoms with Gasteiger partial charge in [0.05, 0.1) is 17.3 Å². The Morgan fingerprint density at radius 2 is 1.98 bits per heavy atom. The van der Waals surface area contributed by atoms with Crippen LogP contribution in [-0.2, 0) is 27.3 Å². The van der Waals surface area contributed by atoms with Gasteiger partial charge in [0, 0.05) is 44.8 Å². The number of ether oxygens (including phenoxy) is 2. The second kappa shape index (κ2) is 13.5. The number of unbranched alkanes of at least 4 members (excludes halogenated alkanes) is 1. The number of hydrogen-bond donors (Lipinski definition) is 1. The molecule has 1 aliphatic heterocycles. The van der Waals surface area contributed by atoms with Gasteiger partial charge in [-0.1, -0.05) is 37.3 Å². The maximum Gasteiger partial charge on any atom is 0.519 e. The fourth-order valence-corrected chi connectivity index (χ4v) is 6.34. The van der Waals surface area contributed by atoms with E-state index >= 15 is 0 Å². The molecular weight excluding hydrogens is 566 g/mol. The molecule has 1 saturated carbocycles. The summed E-state index contributed by atoms with van der Waals surface area (Å²) in [7, 11) is 1.69. The average molecular weight is 610 g/mol. The molecule has 1 aliphatic carbocycles. The van der Waals surface area contributed by atoms with Crippen molar-refractivity contribution in [1.82, 2.24) is 25.2 Å². The molecule has 5 rings (SSSR count). The number of carbonyl (C=O) groups excluding carboxylic acids is 2. The van der Waals surface area contributed by atoms with Crippen LogP contribution in [0.3, 0.4) is 0 Å². The fourth-order valence-electron chi connectivity index (χ4n) is 6.34. The fraction of sp³-hybridized carbons (Fsp3) is 0.594. The molecule has 2 aromatic heterocycles. The van der Waals surface area contributed by atoms with Crippen LogP contribution < -0.4 is 11.1 Å². The molecule has 0 bridgehead atoms. The predicted octanol–water partition coefficient (Wildman–Crippen LogP) is 3.61. The summed E-state index contributed by atoms with van der Waals surface area (Å²) in [5.74, 6) is -0.968. The highest BCUT2D eigenvalue weighted by molar-refractivity contribution is 5.94. The zero-order valence-corrected chi connectivity index (χ0v) is 26.3. The summed E-state index contributed by atoms with van der Waals surface area (Å²) >= 11 is 0. The van der Waals surface area contributed by atoms with Crippen molar-refractivity contribution >= 4 is 11.9 Å². The molecule has 3 aromatic rings. The number of amides is 1. The number of nitrogens with one attached hydrogen (secondary N) is 1. The van der Waals surface area contributed by atoms with Crippen molar-refractivity contribution in [1.29, 1.82) is 0 Å². The molecule has 12 nitrogen and oxygen atoms in total. The molecule has 238 valence electrons. The minimum atomic E-state index is -0.820. The zero-order chi connectivity index (χ0) is 31.4. The number of aromatic nitrogens is 3. The number of piperidine rings is 1. The van der Waals surface area contributed by atoms with Crippen molar-refractivity contribution < 1.29 is 27.9 Å². The molecule has 2 unspecified atom stereocenters. The Labute approximate surface area is 257 Å².